The first kappa shape index (κ1) is 15.9. The summed E-state index contributed by atoms with van der Waals surface area (Å²) in [6.45, 7) is 0. The van der Waals surface area contributed by atoms with Gasteiger partial charge in [-0.15, -0.1) is 12.4 Å². The quantitative estimate of drug-likeness (QED) is 0.892. The topological polar surface area (TPSA) is 44.5 Å². The minimum absolute atomic E-state index is 0. The lowest BCUT2D eigenvalue weighted by atomic mass is 10.0. The zero-order chi connectivity index (χ0) is 12.1. The lowest BCUT2D eigenvalue weighted by Crippen LogP contribution is -2.15. The standard InChI is InChI=1S/C11H15F2NO2.ClH/c1-15-7-3-4-8(10(5-7)16-2)9(14)6-11(12)13;/h3-5,9,11H,6,14H2,1-2H3;1H/t9-;/m0./s1. The zero-order valence-corrected chi connectivity index (χ0v) is 10.5. The molecule has 0 spiro atoms. The molecule has 0 aliphatic heterocycles. The second kappa shape index (κ2) is 7.29. The molecule has 0 aromatic heterocycles. The van der Waals surface area contributed by atoms with Crippen molar-refractivity contribution in [1.29, 1.82) is 0 Å². The van der Waals surface area contributed by atoms with Gasteiger partial charge in [0.25, 0.3) is 0 Å². The third kappa shape index (κ3) is 4.36. The third-order valence-electron chi connectivity index (χ3n) is 2.27. The Balaban J connectivity index is 0.00000256. The molecule has 0 radical (unpaired) electrons. The van der Waals surface area contributed by atoms with Crippen LogP contribution in [0.2, 0.25) is 0 Å². The lowest BCUT2D eigenvalue weighted by molar-refractivity contribution is 0.128. The van der Waals surface area contributed by atoms with Gasteiger partial charge >= 0.3 is 0 Å². The van der Waals surface area contributed by atoms with Crippen molar-refractivity contribution < 1.29 is 18.3 Å². The van der Waals surface area contributed by atoms with Gasteiger partial charge in [0.1, 0.15) is 11.5 Å². The van der Waals surface area contributed by atoms with Crippen molar-refractivity contribution in [3.63, 3.8) is 0 Å². The Bertz CT molecular complexity index is 350. The first-order valence-electron chi connectivity index (χ1n) is 4.84. The molecular formula is C11H16ClF2NO2. The normalized spacial score (nSPS) is 11.9. The SMILES string of the molecule is COc1ccc([C@@H](N)CC(F)F)c(OC)c1.Cl. The Labute approximate surface area is 105 Å². The van der Waals surface area contributed by atoms with Gasteiger partial charge in [-0.05, 0) is 6.07 Å². The molecule has 98 valence electrons. The van der Waals surface area contributed by atoms with E-state index in [0.717, 1.165) is 0 Å². The number of methoxy groups -OCH3 is 2. The summed E-state index contributed by atoms with van der Waals surface area (Å²) in [5.74, 6) is 1.07. The predicted molar refractivity (Wildman–Crippen MR) is 64.3 cm³/mol. The Hall–Kier alpha value is -1.07. The fourth-order valence-corrected chi connectivity index (χ4v) is 1.44. The van der Waals surface area contributed by atoms with Gasteiger partial charge in [-0.3, -0.25) is 0 Å². The Kier molecular flexibility index (Phi) is 6.83. The Morgan fingerprint density at radius 3 is 2.35 bits per heavy atom. The maximum Gasteiger partial charge on any atom is 0.240 e. The molecule has 1 atom stereocenters. The van der Waals surface area contributed by atoms with E-state index in [1.807, 2.05) is 0 Å². The van der Waals surface area contributed by atoms with Gasteiger partial charge in [-0.1, -0.05) is 6.07 Å². The second-order valence-electron chi connectivity index (χ2n) is 3.34. The average Bonchev–Trinajstić information content (AvgIpc) is 2.27. The van der Waals surface area contributed by atoms with Gasteiger partial charge < -0.3 is 15.2 Å². The first-order valence-corrected chi connectivity index (χ1v) is 4.84. The maximum atomic E-state index is 12.2. The van der Waals surface area contributed by atoms with E-state index in [-0.39, 0.29) is 18.8 Å². The van der Waals surface area contributed by atoms with Crippen LogP contribution in [-0.4, -0.2) is 20.6 Å². The molecule has 0 amide bonds. The minimum Gasteiger partial charge on any atom is -0.497 e. The molecule has 0 heterocycles. The first-order chi connectivity index (χ1) is 7.58. The highest BCUT2D eigenvalue weighted by atomic mass is 35.5. The number of benzene rings is 1. The molecule has 0 bridgehead atoms. The van der Waals surface area contributed by atoms with Crippen LogP contribution in [0.3, 0.4) is 0 Å². The minimum atomic E-state index is -2.43. The second-order valence-corrected chi connectivity index (χ2v) is 3.34. The molecule has 2 N–H and O–H groups in total. The molecular weight excluding hydrogens is 252 g/mol. The Morgan fingerprint density at radius 1 is 1.24 bits per heavy atom. The number of rotatable bonds is 5. The molecule has 0 aliphatic rings. The van der Waals surface area contributed by atoms with Crippen LogP contribution in [0.25, 0.3) is 0 Å². The Morgan fingerprint density at radius 2 is 1.88 bits per heavy atom. The van der Waals surface area contributed by atoms with Crippen molar-refractivity contribution in [2.45, 2.75) is 18.9 Å². The molecule has 6 heteroatoms. The molecule has 0 unspecified atom stereocenters. The van der Waals surface area contributed by atoms with E-state index in [1.165, 1.54) is 14.2 Å². The molecule has 0 saturated heterocycles. The molecule has 0 saturated carbocycles. The highest BCUT2D eigenvalue weighted by Gasteiger charge is 2.17. The summed E-state index contributed by atoms with van der Waals surface area (Å²) in [7, 11) is 2.99. The van der Waals surface area contributed by atoms with Gasteiger partial charge in [0, 0.05) is 24.1 Å². The lowest BCUT2D eigenvalue weighted by Gasteiger charge is -2.16. The summed E-state index contributed by atoms with van der Waals surface area (Å²) >= 11 is 0. The monoisotopic (exact) mass is 267 g/mol. The van der Waals surface area contributed by atoms with E-state index in [9.17, 15) is 8.78 Å². The number of alkyl halides is 2. The molecule has 17 heavy (non-hydrogen) atoms. The van der Waals surface area contributed by atoms with Crippen LogP contribution in [0.15, 0.2) is 18.2 Å². The number of hydrogen-bond acceptors (Lipinski definition) is 3. The van der Waals surface area contributed by atoms with Gasteiger partial charge in [-0.2, -0.15) is 0 Å². The fourth-order valence-electron chi connectivity index (χ4n) is 1.44. The van der Waals surface area contributed by atoms with E-state index < -0.39 is 12.5 Å². The molecule has 1 aromatic carbocycles. The smallest absolute Gasteiger partial charge is 0.240 e. The van der Waals surface area contributed by atoms with E-state index in [2.05, 4.69) is 0 Å². The van der Waals surface area contributed by atoms with E-state index in [4.69, 9.17) is 15.2 Å². The zero-order valence-electron chi connectivity index (χ0n) is 9.65. The summed E-state index contributed by atoms with van der Waals surface area (Å²) < 4.78 is 34.5. The summed E-state index contributed by atoms with van der Waals surface area (Å²) in [5, 5.41) is 0. The van der Waals surface area contributed by atoms with Crippen LogP contribution in [0, 0.1) is 0 Å². The number of ether oxygens (including phenoxy) is 2. The number of halogens is 3. The van der Waals surface area contributed by atoms with Gasteiger partial charge in [0.15, 0.2) is 0 Å². The summed E-state index contributed by atoms with van der Waals surface area (Å²) in [6.07, 6.45) is -2.82. The highest BCUT2D eigenvalue weighted by molar-refractivity contribution is 5.85. The molecule has 1 aromatic rings. The third-order valence-corrected chi connectivity index (χ3v) is 2.27. The van der Waals surface area contributed by atoms with Crippen LogP contribution in [0.4, 0.5) is 8.78 Å². The van der Waals surface area contributed by atoms with Crippen molar-refractivity contribution in [1.82, 2.24) is 0 Å². The molecule has 0 aliphatic carbocycles. The molecule has 3 nitrogen and oxygen atoms in total. The average molecular weight is 268 g/mol. The van der Waals surface area contributed by atoms with Gasteiger partial charge in [0.2, 0.25) is 6.43 Å². The van der Waals surface area contributed by atoms with Crippen molar-refractivity contribution in [3.8, 4) is 11.5 Å². The summed E-state index contributed by atoms with van der Waals surface area (Å²) in [4.78, 5) is 0. The number of nitrogens with two attached hydrogens (primary N) is 1. The summed E-state index contributed by atoms with van der Waals surface area (Å²) in [5.41, 5.74) is 6.22. The maximum absolute atomic E-state index is 12.2. The van der Waals surface area contributed by atoms with Gasteiger partial charge in [-0.25, -0.2) is 8.78 Å². The van der Waals surface area contributed by atoms with Crippen LogP contribution in [0.5, 0.6) is 11.5 Å². The highest BCUT2D eigenvalue weighted by Crippen LogP contribution is 2.30. The number of hydrogen-bond donors (Lipinski definition) is 1. The van der Waals surface area contributed by atoms with E-state index in [1.54, 1.807) is 18.2 Å². The predicted octanol–water partition coefficient (Wildman–Crippen LogP) is 2.78. The largest absolute Gasteiger partial charge is 0.497 e. The summed E-state index contributed by atoms with van der Waals surface area (Å²) in [6, 6.07) is 4.20. The van der Waals surface area contributed by atoms with Crippen molar-refractivity contribution in [3.05, 3.63) is 23.8 Å². The van der Waals surface area contributed by atoms with Crippen molar-refractivity contribution >= 4 is 12.4 Å². The van der Waals surface area contributed by atoms with E-state index in [0.29, 0.717) is 17.1 Å². The van der Waals surface area contributed by atoms with Crippen LogP contribution < -0.4 is 15.2 Å². The van der Waals surface area contributed by atoms with Crippen molar-refractivity contribution in [2.75, 3.05) is 14.2 Å². The van der Waals surface area contributed by atoms with Crippen molar-refractivity contribution in [2.24, 2.45) is 5.73 Å². The fraction of sp³-hybridized carbons (Fsp3) is 0.455. The molecule has 1 rings (SSSR count). The molecule has 0 fully saturated rings. The van der Waals surface area contributed by atoms with E-state index >= 15 is 0 Å². The van der Waals surface area contributed by atoms with Crippen LogP contribution in [-0.2, 0) is 0 Å². The van der Waals surface area contributed by atoms with Crippen LogP contribution >= 0.6 is 12.4 Å². The van der Waals surface area contributed by atoms with Crippen LogP contribution in [0.1, 0.15) is 18.0 Å². The van der Waals surface area contributed by atoms with Gasteiger partial charge in [0.05, 0.1) is 14.2 Å².